The molecular formula is C21H26N3O5+. The highest BCUT2D eigenvalue weighted by Crippen LogP contribution is 2.29. The summed E-state index contributed by atoms with van der Waals surface area (Å²) >= 11 is 0. The molecule has 0 spiro atoms. The second-order valence-corrected chi connectivity index (χ2v) is 6.73. The third kappa shape index (κ3) is 4.43. The Hall–Kier alpha value is -3.26. The van der Waals surface area contributed by atoms with E-state index in [2.05, 4.69) is 9.97 Å². The van der Waals surface area contributed by atoms with E-state index in [4.69, 9.17) is 18.9 Å². The van der Waals surface area contributed by atoms with Gasteiger partial charge in [-0.1, -0.05) is 0 Å². The zero-order chi connectivity index (χ0) is 21.0. The molecule has 0 amide bonds. The van der Waals surface area contributed by atoms with Crippen LogP contribution >= 0.6 is 0 Å². The molecule has 0 aliphatic rings. The average Bonchev–Trinajstić information content (AvgIpc) is 2.73. The monoisotopic (exact) mass is 400 g/mol. The van der Waals surface area contributed by atoms with Crippen LogP contribution in [0, 0.1) is 0 Å². The molecule has 0 aliphatic carbocycles. The summed E-state index contributed by atoms with van der Waals surface area (Å²) < 4.78 is 21.3. The van der Waals surface area contributed by atoms with Gasteiger partial charge < -0.3 is 28.8 Å². The second kappa shape index (κ2) is 8.83. The fourth-order valence-electron chi connectivity index (χ4n) is 3.27. The SMILES string of the molecule is COc1ccc(C[NH+](C)Cc2nc3cc(OC)c(OC)cc3c(=O)[nH]2)c(OC)c1. The van der Waals surface area contributed by atoms with E-state index >= 15 is 0 Å². The summed E-state index contributed by atoms with van der Waals surface area (Å²) in [6, 6.07) is 9.10. The van der Waals surface area contributed by atoms with Crippen molar-refractivity contribution in [3.05, 3.63) is 52.1 Å². The first-order valence-electron chi connectivity index (χ1n) is 9.16. The zero-order valence-corrected chi connectivity index (χ0v) is 17.3. The normalized spacial score (nSPS) is 11.9. The molecule has 0 saturated carbocycles. The summed E-state index contributed by atoms with van der Waals surface area (Å²) in [6.45, 7) is 1.23. The van der Waals surface area contributed by atoms with E-state index in [1.807, 2.05) is 25.2 Å². The van der Waals surface area contributed by atoms with Gasteiger partial charge in [0, 0.05) is 17.7 Å². The van der Waals surface area contributed by atoms with Crippen molar-refractivity contribution in [2.75, 3.05) is 35.5 Å². The van der Waals surface area contributed by atoms with Crippen LogP contribution in [0.3, 0.4) is 0 Å². The van der Waals surface area contributed by atoms with Gasteiger partial charge in [-0.05, 0) is 18.2 Å². The maximum Gasteiger partial charge on any atom is 0.259 e. The Morgan fingerprint density at radius 2 is 1.59 bits per heavy atom. The summed E-state index contributed by atoms with van der Waals surface area (Å²) in [4.78, 5) is 21.2. The van der Waals surface area contributed by atoms with Crippen molar-refractivity contribution in [1.82, 2.24) is 9.97 Å². The Labute approximate surface area is 169 Å². The molecule has 1 aromatic heterocycles. The highest BCUT2D eigenvalue weighted by atomic mass is 16.5. The molecule has 8 heteroatoms. The van der Waals surface area contributed by atoms with Crippen LogP contribution < -0.4 is 29.4 Å². The Balaban J connectivity index is 1.85. The van der Waals surface area contributed by atoms with Crippen LogP contribution in [0.2, 0.25) is 0 Å². The number of nitrogens with zero attached hydrogens (tertiary/aromatic N) is 1. The highest BCUT2D eigenvalue weighted by molar-refractivity contribution is 5.81. The van der Waals surface area contributed by atoms with E-state index in [0.717, 1.165) is 22.0 Å². The van der Waals surface area contributed by atoms with Crippen molar-refractivity contribution in [2.24, 2.45) is 0 Å². The van der Waals surface area contributed by atoms with Crippen molar-refractivity contribution in [1.29, 1.82) is 0 Å². The molecule has 3 rings (SSSR count). The van der Waals surface area contributed by atoms with Gasteiger partial charge >= 0.3 is 0 Å². The Bertz CT molecular complexity index is 1060. The van der Waals surface area contributed by atoms with Gasteiger partial charge in [0.05, 0.1) is 46.4 Å². The standard InChI is InChI=1S/C21H25N3O5/c1-24(11-13-6-7-14(26-2)8-17(13)27-3)12-20-22-16-10-19(29-5)18(28-4)9-15(16)21(25)23-20/h6-10H,11-12H2,1-5H3,(H,22,23,25)/p+1. The van der Waals surface area contributed by atoms with Crippen molar-refractivity contribution in [3.8, 4) is 23.0 Å². The number of aromatic nitrogens is 2. The van der Waals surface area contributed by atoms with Gasteiger partial charge in [-0.2, -0.15) is 0 Å². The van der Waals surface area contributed by atoms with Crippen molar-refractivity contribution in [3.63, 3.8) is 0 Å². The minimum absolute atomic E-state index is 0.208. The number of H-pyrrole nitrogens is 1. The zero-order valence-electron chi connectivity index (χ0n) is 17.3. The van der Waals surface area contributed by atoms with Crippen molar-refractivity contribution in [2.45, 2.75) is 13.1 Å². The lowest BCUT2D eigenvalue weighted by Crippen LogP contribution is -3.06. The van der Waals surface area contributed by atoms with Gasteiger partial charge in [-0.3, -0.25) is 4.79 Å². The number of ether oxygens (including phenoxy) is 4. The number of quaternary nitrogens is 1. The second-order valence-electron chi connectivity index (χ2n) is 6.73. The Kier molecular flexibility index (Phi) is 6.23. The van der Waals surface area contributed by atoms with Crippen LogP contribution in [0.5, 0.6) is 23.0 Å². The van der Waals surface area contributed by atoms with Crippen LogP contribution in [-0.2, 0) is 13.1 Å². The molecule has 29 heavy (non-hydrogen) atoms. The topological polar surface area (TPSA) is 87.1 Å². The van der Waals surface area contributed by atoms with Crippen LogP contribution in [-0.4, -0.2) is 45.5 Å². The van der Waals surface area contributed by atoms with E-state index in [1.54, 1.807) is 33.5 Å². The first-order chi connectivity index (χ1) is 14.0. The van der Waals surface area contributed by atoms with Crippen LogP contribution in [0.25, 0.3) is 10.9 Å². The number of hydrogen-bond acceptors (Lipinski definition) is 6. The van der Waals surface area contributed by atoms with E-state index in [9.17, 15) is 4.79 Å². The molecule has 0 bridgehead atoms. The first kappa shape index (κ1) is 20.5. The quantitative estimate of drug-likeness (QED) is 0.590. The first-order valence-corrected chi connectivity index (χ1v) is 9.16. The van der Waals surface area contributed by atoms with Crippen LogP contribution in [0.4, 0.5) is 0 Å². The minimum Gasteiger partial charge on any atom is -0.497 e. The molecule has 8 nitrogen and oxygen atoms in total. The summed E-state index contributed by atoms with van der Waals surface area (Å²) in [5.41, 5.74) is 1.40. The third-order valence-corrected chi connectivity index (χ3v) is 4.72. The largest absolute Gasteiger partial charge is 0.497 e. The predicted molar refractivity (Wildman–Crippen MR) is 109 cm³/mol. The Morgan fingerprint density at radius 3 is 2.24 bits per heavy atom. The number of rotatable bonds is 8. The number of nitrogens with one attached hydrogen (secondary N) is 2. The molecule has 0 fully saturated rings. The van der Waals surface area contributed by atoms with Gasteiger partial charge in [0.2, 0.25) is 0 Å². The molecule has 154 valence electrons. The highest BCUT2D eigenvalue weighted by Gasteiger charge is 2.15. The molecule has 0 saturated heterocycles. The van der Waals surface area contributed by atoms with Gasteiger partial charge in [0.15, 0.2) is 17.3 Å². The fraction of sp³-hybridized carbons (Fsp3) is 0.333. The molecule has 3 aromatic rings. The molecule has 0 radical (unpaired) electrons. The molecule has 0 aliphatic heterocycles. The van der Waals surface area contributed by atoms with Crippen molar-refractivity contribution < 1.29 is 23.8 Å². The summed E-state index contributed by atoms with van der Waals surface area (Å²) in [7, 11) is 8.38. The van der Waals surface area contributed by atoms with E-state index < -0.39 is 0 Å². The maximum atomic E-state index is 12.5. The number of benzene rings is 2. The maximum absolute atomic E-state index is 12.5. The molecule has 1 heterocycles. The Morgan fingerprint density at radius 1 is 0.897 bits per heavy atom. The molecule has 2 aromatic carbocycles. The van der Waals surface area contributed by atoms with Crippen LogP contribution in [0.1, 0.15) is 11.4 Å². The summed E-state index contributed by atoms with van der Waals surface area (Å²) in [5, 5.41) is 0.459. The van der Waals surface area contributed by atoms with Gasteiger partial charge in [-0.25, -0.2) is 4.98 Å². The number of methoxy groups -OCH3 is 4. The summed E-state index contributed by atoms with van der Waals surface area (Å²) in [5.74, 6) is 3.13. The molecule has 1 unspecified atom stereocenters. The number of aromatic amines is 1. The van der Waals surface area contributed by atoms with E-state index in [-0.39, 0.29) is 5.56 Å². The van der Waals surface area contributed by atoms with Crippen molar-refractivity contribution >= 4 is 10.9 Å². The lowest BCUT2D eigenvalue weighted by atomic mass is 10.1. The lowest BCUT2D eigenvalue weighted by molar-refractivity contribution is -0.908. The molecule has 1 atom stereocenters. The molecular weight excluding hydrogens is 374 g/mol. The third-order valence-electron chi connectivity index (χ3n) is 4.72. The average molecular weight is 400 g/mol. The van der Waals surface area contributed by atoms with E-state index in [1.165, 1.54) is 7.11 Å². The van der Waals surface area contributed by atoms with Gasteiger partial charge in [0.1, 0.15) is 24.6 Å². The number of fused-ring (bicyclic) bond motifs is 1. The fourth-order valence-corrected chi connectivity index (χ4v) is 3.27. The lowest BCUT2D eigenvalue weighted by Gasteiger charge is -2.16. The minimum atomic E-state index is -0.208. The van der Waals surface area contributed by atoms with Crippen LogP contribution in [0.15, 0.2) is 35.1 Å². The van der Waals surface area contributed by atoms with E-state index in [0.29, 0.717) is 41.3 Å². The van der Waals surface area contributed by atoms with Gasteiger partial charge in [0.25, 0.3) is 5.56 Å². The smallest absolute Gasteiger partial charge is 0.259 e. The summed E-state index contributed by atoms with van der Waals surface area (Å²) in [6.07, 6.45) is 0. The predicted octanol–water partition coefficient (Wildman–Crippen LogP) is 1.17. The number of hydrogen-bond donors (Lipinski definition) is 2. The van der Waals surface area contributed by atoms with Gasteiger partial charge in [-0.15, -0.1) is 0 Å². The molecule has 2 N–H and O–H groups in total.